The standard InChI is InChI=1S/C13H12BrNO4/c1-8-3-10(19-15-8)7-18-13-11(14)4-9(6-16)5-12(13)17-2/h3-6H,7H2,1-2H3. The van der Waals surface area contributed by atoms with E-state index in [-0.39, 0.29) is 6.61 Å². The van der Waals surface area contributed by atoms with Gasteiger partial charge in [-0.3, -0.25) is 4.79 Å². The topological polar surface area (TPSA) is 61.6 Å². The smallest absolute Gasteiger partial charge is 0.176 e. The number of methoxy groups -OCH3 is 1. The number of halogens is 1. The molecule has 0 amide bonds. The zero-order valence-electron chi connectivity index (χ0n) is 10.5. The van der Waals surface area contributed by atoms with E-state index in [0.29, 0.717) is 27.3 Å². The highest BCUT2D eigenvalue weighted by atomic mass is 79.9. The van der Waals surface area contributed by atoms with Gasteiger partial charge in [-0.05, 0) is 35.0 Å². The average molecular weight is 326 g/mol. The summed E-state index contributed by atoms with van der Waals surface area (Å²) in [5, 5.41) is 3.78. The zero-order valence-corrected chi connectivity index (χ0v) is 12.1. The van der Waals surface area contributed by atoms with Gasteiger partial charge in [0.15, 0.2) is 17.3 Å². The Bertz CT molecular complexity index is 594. The molecule has 0 N–H and O–H groups in total. The van der Waals surface area contributed by atoms with Crippen LogP contribution in [0.1, 0.15) is 21.8 Å². The van der Waals surface area contributed by atoms with Gasteiger partial charge >= 0.3 is 0 Å². The van der Waals surface area contributed by atoms with E-state index in [1.54, 1.807) is 18.2 Å². The monoisotopic (exact) mass is 325 g/mol. The van der Waals surface area contributed by atoms with Crippen molar-refractivity contribution in [3.63, 3.8) is 0 Å². The summed E-state index contributed by atoms with van der Waals surface area (Å²) in [5.74, 6) is 1.61. The summed E-state index contributed by atoms with van der Waals surface area (Å²) >= 11 is 3.35. The number of hydrogen-bond donors (Lipinski definition) is 0. The number of hydrogen-bond acceptors (Lipinski definition) is 5. The second kappa shape index (κ2) is 5.88. The molecule has 0 aliphatic carbocycles. The van der Waals surface area contributed by atoms with E-state index in [4.69, 9.17) is 14.0 Å². The molecule has 1 aromatic heterocycles. The third-order valence-corrected chi connectivity index (χ3v) is 3.01. The fourth-order valence-electron chi connectivity index (χ4n) is 1.58. The van der Waals surface area contributed by atoms with Crippen LogP contribution in [0.5, 0.6) is 11.5 Å². The fraction of sp³-hybridized carbons (Fsp3) is 0.231. The number of aryl methyl sites for hydroxylation is 1. The van der Waals surface area contributed by atoms with Crippen LogP contribution in [0, 0.1) is 6.92 Å². The van der Waals surface area contributed by atoms with E-state index in [2.05, 4.69) is 21.1 Å². The van der Waals surface area contributed by atoms with Crippen molar-refractivity contribution in [3.8, 4) is 11.5 Å². The summed E-state index contributed by atoms with van der Waals surface area (Å²) in [7, 11) is 1.52. The van der Waals surface area contributed by atoms with Crippen molar-refractivity contribution in [1.82, 2.24) is 5.16 Å². The summed E-state index contributed by atoms with van der Waals surface area (Å²) in [5.41, 5.74) is 1.30. The lowest BCUT2D eigenvalue weighted by atomic mass is 10.2. The van der Waals surface area contributed by atoms with E-state index in [1.165, 1.54) is 7.11 Å². The van der Waals surface area contributed by atoms with Crippen LogP contribution in [-0.4, -0.2) is 18.6 Å². The normalized spacial score (nSPS) is 10.3. The van der Waals surface area contributed by atoms with Crippen LogP contribution in [0.2, 0.25) is 0 Å². The molecule has 100 valence electrons. The first-order chi connectivity index (χ1) is 9.13. The summed E-state index contributed by atoms with van der Waals surface area (Å²) in [6.07, 6.45) is 0.747. The van der Waals surface area contributed by atoms with Crippen molar-refractivity contribution in [2.45, 2.75) is 13.5 Å². The van der Waals surface area contributed by atoms with Crippen LogP contribution < -0.4 is 9.47 Å². The van der Waals surface area contributed by atoms with E-state index >= 15 is 0 Å². The largest absolute Gasteiger partial charge is 0.493 e. The zero-order chi connectivity index (χ0) is 13.8. The minimum Gasteiger partial charge on any atom is -0.493 e. The molecule has 0 spiro atoms. The number of aldehydes is 1. The Hall–Kier alpha value is -1.82. The second-order valence-electron chi connectivity index (χ2n) is 3.88. The quantitative estimate of drug-likeness (QED) is 0.790. The minimum absolute atomic E-state index is 0.232. The predicted molar refractivity (Wildman–Crippen MR) is 71.7 cm³/mol. The molecule has 0 bridgehead atoms. The molecule has 0 unspecified atom stereocenters. The van der Waals surface area contributed by atoms with Crippen LogP contribution in [-0.2, 0) is 6.61 Å². The lowest BCUT2D eigenvalue weighted by molar-refractivity contribution is 0.112. The number of aromatic nitrogens is 1. The van der Waals surface area contributed by atoms with E-state index in [0.717, 1.165) is 12.0 Å². The van der Waals surface area contributed by atoms with Gasteiger partial charge in [-0.2, -0.15) is 0 Å². The molecule has 0 radical (unpaired) electrons. The number of rotatable bonds is 5. The highest BCUT2D eigenvalue weighted by Crippen LogP contribution is 2.36. The number of nitrogens with zero attached hydrogens (tertiary/aromatic N) is 1. The Morgan fingerprint density at radius 3 is 2.79 bits per heavy atom. The van der Waals surface area contributed by atoms with E-state index in [9.17, 15) is 4.79 Å². The van der Waals surface area contributed by atoms with Gasteiger partial charge in [0, 0.05) is 11.6 Å². The van der Waals surface area contributed by atoms with Crippen LogP contribution in [0.25, 0.3) is 0 Å². The number of carbonyl (C=O) groups is 1. The lowest BCUT2D eigenvalue weighted by Crippen LogP contribution is -1.98. The molecule has 0 aliphatic heterocycles. The Morgan fingerprint density at radius 1 is 1.42 bits per heavy atom. The summed E-state index contributed by atoms with van der Waals surface area (Å²) in [6, 6.07) is 5.06. The van der Waals surface area contributed by atoms with Crippen molar-refractivity contribution in [1.29, 1.82) is 0 Å². The number of ether oxygens (including phenoxy) is 2. The molecule has 0 fully saturated rings. The molecule has 0 atom stereocenters. The molecule has 0 saturated carbocycles. The highest BCUT2D eigenvalue weighted by molar-refractivity contribution is 9.10. The summed E-state index contributed by atoms with van der Waals surface area (Å²) in [4.78, 5) is 10.8. The Balaban J connectivity index is 2.21. The Morgan fingerprint density at radius 2 is 2.21 bits per heavy atom. The van der Waals surface area contributed by atoms with Gasteiger partial charge in [-0.15, -0.1) is 0 Å². The van der Waals surface area contributed by atoms with Gasteiger partial charge in [-0.25, -0.2) is 0 Å². The lowest BCUT2D eigenvalue weighted by Gasteiger charge is -2.12. The molecular formula is C13H12BrNO4. The molecule has 2 rings (SSSR count). The van der Waals surface area contributed by atoms with Crippen LogP contribution in [0.15, 0.2) is 27.2 Å². The first kappa shape index (κ1) is 13.6. The van der Waals surface area contributed by atoms with Gasteiger partial charge in [0.2, 0.25) is 0 Å². The van der Waals surface area contributed by atoms with Gasteiger partial charge in [0.25, 0.3) is 0 Å². The Kier molecular flexibility index (Phi) is 4.21. The molecule has 0 aliphatic rings. The maximum absolute atomic E-state index is 10.8. The van der Waals surface area contributed by atoms with Crippen molar-refractivity contribution in [3.05, 3.63) is 39.7 Å². The summed E-state index contributed by atoms with van der Waals surface area (Å²) < 4.78 is 16.5. The SMILES string of the molecule is COc1cc(C=O)cc(Br)c1OCc1cc(C)no1. The predicted octanol–water partition coefficient (Wildman–Crippen LogP) is 3.15. The first-order valence-corrected chi connectivity index (χ1v) is 6.31. The third kappa shape index (κ3) is 3.14. The second-order valence-corrected chi connectivity index (χ2v) is 4.73. The Labute approximate surface area is 118 Å². The molecule has 5 nitrogen and oxygen atoms in total. The molecule has 2 aromatic rings. The van der Waals surface area contributed by atoms with E-state index in [1.807, 2.05) is 6.92 Å². The molecule has 1 heterocycles. The van der Waals surface area contributed by atoms with Crippen molar-refractivity contribution < 1.29 is 18.8 Å². The van der Waals surface area contributed by atoms with Crippen LogP contribution >= 0.6 is 15.9 Å². The van der Waals surface area contributed by atoms with Gasteiger partial charge in [0.1, 0.15) is 12.9 Å². The van der Waals surface area contributed by atoms with Gasteiger partial charge in [0.05, 0.1) is 17.3 Å². The maximum Gasteiger partial charge on any atom is 0.176 e. The highest BCUT2D eigenvalue weighted by Gasteiger charge is 2.12. The third-order valence-electron chi connectivity index (χ3n) is 2.42. The van der Waals surface area contributed by atoms with E-state index < -0.39 is 0 Å². The first-order valence-electron chi connectivity index (χ1n) is 5.51. The summed E-state index contributed by atoms with van der Waals surface area (Å²) in [6.45, 7) is 2.07. The van der Waals surface area contributed by atoms with Crippen LogP contribution in [0.3, 0.4) is 0 Å². The molecule has 19 heavy (non-hydrogen) atoms. The molecule has 1 aromatic carbocycles. The van der Waals surface area contributed by atoms with Gasteiger partial charge < -0.3 is 14.0 Å². The molecule has 0 saturated heterocycles. The fourth-order valence-corrected chi connectivity index (χ4v) is 2.15. The van der Waals surface area contributed by atoms with Crippen molar-refractivity contribution in [2.75, 3.05) is 7.11 Å². The number of benzene rings is 1. The van der Waals surface area contributed by atoms with Gasteiger partial charge in [-0.1, -0.05) is 5.16 Å². The van der Waals surface area contributed by atoms with Crippen LogP contribution in [0.4, 0.5) is 0 Å². The maximum atomic E-state index is 10.8. The molecule has 6 heteroatoms. The molecular weight excluding hydrogens is 314 g/mol. The van der Waals surface area contributed by atoms with Crippen molar-refractivity contribution >= 4 is 22.2 Å². The number of carbonyl (C=O) groups excluding carboxylic acids is 1. The van der Waals surface area contributed by atoms with Crippen molar-refractivity contribution in [2.24, 2.45) is 0 Å². The minimum atomic E-state index is 0.232. The average Bonchev–Trinajstić information content (AvgIpc) is 2.82.